The van der Waals surface area contributed by atoms with Gasteiger partial charge in [0, 0.05) is 6.04 Å². The van der Waals surface area contributed by atoms with E-state index in [4.69, 9.17) is 0 Å². The molecule has 0 spiro atoms. The van der Waals surface area contributed by atoms with Gasteiger partial charge in [0.15, 0.2) is 0 Å². The van der Waals surface area contributed by atoms with Crippen molar-refractivity contribution in [2.75, 3.05) is 6.54 Å². The van der Waals surface area contributed by atoms with Crippen LogP contribution in [-0.2, 0) is 6.42 Å². The second-order valence-corrected chi connectivity index (χ2v) is 3.21. The largest absolute Gasteiger partial charge is 0.309 e. The van der Waals surface area contributed by atoms with E-state index in [0.29, 0.717) is 6.04 Å². The summed E-state index contributed by atoms with van der Waals surface area (Å²) in [6.07, 6.45) is 3.39. The fraction of sp³-hybridized carbons (Fsp3) is 0.364. The molecule has 1 heteroatoms. The zero-order valence-corrected chi connectivity index (χ0v) is 7.38. The Labute approximate surface area is 73.8 Å². The standard InChI is InChI=1S/C11H14N/c1-2-11-10-6-4-3-5-9(10)7-8-12-11/h2-6,11-12H,7-8H2,1H3. The first-order valence-electron chi connectivity index (χ1n) is 4.52. The number of hydrogen-bond acceptors (Lipinski definition) is 1. The van der Waals surface area contributed by atoms with E-state index in [9.17, 15) is 0 Å². The van der Waals surface area contributed by atoms with Gasteiger partial charge in [-0.15, -0.1) is 0 Å². The normalized spacial score (nSPS) is 21.9. The molecular formula is C11H14N. The van der Waals surface area contributed by atoms with Gasteiger partial charge in [0.1, 0.15) is 0 Å². The van der Waals surface area contributed by atoms with Crippen LogP contribution in [0.25, 0.3) is 0 Å². The third-order valence-corrected chi connectivity index (χ3v) is 2.48. The molecule has 63 valence electrons. The molecule has 1 nitrogen and oxygen atoms in total. The molecule has 0 bridgehead atoms. The average Bonchev–Trinajstić information content (AvgIpc) is 2.17. The molecule has 1 aliphatic heterocycles. The topological polar surface area (TPSA) is 12.0 Å². The number of rotatable bonds is 1. The lowest BCUT2D eigenvalue weighted by Crippen LogP contribution is -2.29. The summed E-state index contributed by atoms with van der Waals surface area (Å²) in [5.41, 5.74) is 2.95. The minimum absolute atomic E-state index is 0.468. The number of hydrogen-bond donors (Lipinski definition) is 1. The van der Waals surface area contributed by atoms with Gasteiger partial charge in [0.2, 0.25) is 0 Å². The van der Waals surface area contributed by atoms with Crippen LogP contribution in [0.15, 0.2) is 24.3 Å². The summed E-state index contributed by atoms with van der Waals surface area (Å²) >= 11 is 0. The minimum atomic E-state index is 0.468. The van der Waals surface area contributed by atoms with Crippen LogP contribution in [0.5, 0.6) is 0 Å². The van der Waals surface area contributed by atoms with Gasteiger partial charge in [-0.3, -0.25) is 0 Å². The molecule has 0 saturated heterocycles. The number of fused-ring (bicyclic) bond motifs is 1. The second kappa shape index (κ2) is 3.28. The molecular weight excluding hydrogens is 146 g/mol. The van der Waals surface area contributed by atoms with E-state index in [2.05, 4.69) is 42.9 Å². The summed E-state index contributed by atoms with van der Waals surface area (Å²) in [5, 5.41) is 3.47. The van der Waals surface area contributed by atoms with Crippen molar-refractivity contribution in [3.8, 4) is 0 Å². The lowest BCUT2D eigenvalue weighted by atomic mass is 9.93. The Kier molecular flexibility index (Phi) is 2.13. The van der Waals surface area contributed by atoms with Gasteiger partial charge in [0.25, 0.3) is 0 Å². The highest BCUT2D eigenvalue weighted by Crippen LogP contribution is 2.23. The van der Waals surface area contributed by atoms with Crippen LogP contribution in [0, 0.1) is 6.42 Å². The van der Waals surface area contributed by atoms with Crippen molar-refractivity contribution < 1.29 is 0 Å². The van der Waals surface area contributed by atoms with Gasteiger partial charge in [-0.2, -0.15) is 0 Å². The second-order valence-electron chi connectivity index (χ2n) is 3.21. The molecule has 1 unspecified atom stereocenters. The van der Waals surface area contributed by atoms with E-state index < -0.39 is 0 Å². The molecule has 1 N–H and O–H groups in total. The van der Waals surface area contributed by atoms with Gasteiger partial charge in [-0.25, -0.2) is 0 Å². The van der Waals surface area contributed by atoms with E-state index in [0.717, 1.165) is 6.54 Å². The minimum Gasteiger partial charge on any atom is -0.309 e. The van der Waals surface area contributed by atoms with Gasteiger partial charge < -0.3 is 5.32 Å². The number of benzene rings is 1. The SMILES string of the molecule is C[CH]C1NCCc2ccccc21. The van der Waals surface area contributed by atoms with Crippen LogP contribution >= 0.6 is 0 Å². The van der Waals surface area contributed by atoms with E-state index >= 15 is 0 Å². The van der Waals surface area contributed by atoms with Crippen molar-refractivity contribution >= 4 is 0 Å². The van der Waals surface area contributed by atoms with Crippen LogP contribution in [-0.4, -0.2) is 6.54 Å². The average molecular weight is 160 g/mol. The number of nitrogens with one attached hydrogen (secondary N) is 1. The summed E-state index contributed by atoms with van der Waals surface area (Å²) in [7, 11) is 0. The van der Waals surface area contributed by atoms with Gasteiger partial charge in [-0.1, -0.05) is 31.2 Å². The van der Waals surface area contributed by atoms with E-state index in [1.807, 2.05) is 0 Å². The van der Waals surface area contributed by atoms with Crippen LogP contribution in [0.1, 0.15) is 24.1 Å². The molecule has 0 amide bonds. The monoisotopic (exact) mass is 160 g/mol. The summed E-state index contributed by atoms with van der Waals surface area (Å²) in [5.74, 6) is 0. The maximum atomic E-state index is 3.47. The molecule has 0 saturated carbocycles. The Bertz CT molecular complexity index is 267. The van der Waals surface area contributed by atoms with Crippen molar-refractivity contribution in [2.45, 2.75) is 19.4 Å². The Balaban J connectivity index is 2.37. The van der Waals surface area contributed by atoms with Crippen molar-refractivity contribution in [3.05, 3.63) is 41.8 Å². The third kappa shape index (κ3) is 1.25. The fourth-order valence-corrected chi connectivity index (χ4v) is 1.83. The predicted molar refractivity (Wildman–Crippen MR) is 50.9 cm³/mol. The molecule has 0 aromatic heterocycles. The van der Waals surface area contributed by atoms with Crippen LogP contribution < -0.4 is 5.32 Å². The van der Waals surface area contributed by atoms with Crippen LogP contribution in [0.4, 0.5) is 0 Å². The molecule has 1 radical (unpaired) electrons. The van der Waals surface area contributed by atoms with Gasteiger partial charge >= 0.3 is 0 Å². The van der Waals surface area contributed by atoms with Crippen molar-refractivity contribution in [2.24, 2.45) is 0 Å². The summed E-state index contributed by atoms with van der Waals surface area (Å²) < 4.78 is 0. The maximum Gasteiger partial charge on any atom is 0.0352 e. The highest BCUT2D eigenvalue weighted by atomic mass is 14.9. The molecule has 12 heavy (non-hydrogen) atoms. The molecule has 1 aliphatic rings. The summed E-state index contributed by atoms with van der Waals surface area (Å²) in [4.78, 5) is 0. The molecule has 2 rings (SSSR count). The van der Waals surface area contributed by atoms with Crippen molar-refractivity contribution in [1.29, 1.82) is 0 Å². The smallest absolute Gasteiger partial charge is 0.0352 e. The zero-order chi connectivity index (χ0) is 8.39. The maximum absolute atomic E-state index is 3.47. The quantitative estimate of drug-likeness (QED) is 0.663. The molecule has 1 aromatic rings. The van der Waals surface area contributed by atoms with Crippen LogP contribution in [0.2, 0.25) is 0 Å². The highest BCUT2D eigenvalue weighted by Gasteiger charge is 2.16. The lowest BCUT2D eigenvalue weighted by Gasteiger charge is -2.25. The molecule has 1 atom stereocenters. The highest BCUT2D eigenvalue weighted by molar-refractivity contribution is 5.33. The van der Waals surface area contributed by atoms with E-state index in [1.165, 1.54) is 17.5 Å². The molecule has 0 aliphatic carbocycles. The van der Waals surface area contributed by atoms with E-state index in [1.54, 1.807) is 0 Å². The van der Waals surface area contributed by atoms with Crippen molar-refractivity contribution in [1.82, 2.24) is 5.32 Å². The van der Waals surface area contributed by atoms with Crippen LogP contribution in [0.3, 0.4) is 0 Å². The Morgan fingerprint density at radius 1 is 1.42 bits per heavy atom. The first kappa shape index (κ1) is 7.81. The fourth-order valence-electron chi connectivity index (χ4n) is 1.83. The summed E-state index contributed by atoms with van der Waals surface area (Å²) in [6, 6.07) is 9.15. The first-order chi connectivity index (χ1) is 5.92. The third-order valence-electron chi connectivity index (χ3n) is 2.48. The lowest BCUT2D eigenvalue weighted by molar-refractivity contribution is 0.555. The van der Waals surface area contributed by atoms with E-state index in [-0.39, 0.29) is 0 Å². The molecule has 1 aromatic carbocycles. The van der Waals surface area contributed by atoms with Gasteiger partial charge in [-0.05, 0) is 30.5 Å². The Morgan fingerprint density at radius 2 is 2.25 bits per heavy atom. The Morgan fingerprint density at radius 3 is 3.08 bits per heavy atom. The summed E-state index contributed by atoms with van der Waals surface area (Å²) in [6.45, 7) is 3.21. The zero-order valence-electron chi connectivity index (χ0n) is 7.38. The van der Waals surface area contributed by atoms with Crippen molar-refractivity contribution in [3.63, 3.8) is 0 Å². The Hall–Kier alpha value is -0.820. The van der Waals surface area contributed by atoms with Gasteiger partial charge in [0.05, 0.1) is 0 Å². The molecule has 0 fully saturated rings. The first-order valence-corrected chi connectivity index (χ1v) is 4.52. The predicted octanol–water partition coefficient (Wildman–Crippen LogP) is 2.10. The molecule has 1 heterocycles.